The predicted molar refractivity (Wildman–Crippen MR) is 104 cm³/mol. The van der Waals surface area contributed by atoms with Crippen LogP contribution < -0.4 is 9.61 Å². The molecule has 0 saturated heterocycles. The summed E-state index contributed by atoms with van der Waals surface area (Å²) in [6.07, 6.45) is 1.85. The lowest BCUT2D eigenvalue weighted by Gasteiger charge is -2.29. The third kappa shape index (κ3) is 7.04. The summed E-state index contributed by atoms with van der Waals surface area (Å²) in [6, 6.07) is 7.08. The van der Waals surface area contributed by atoms with Crippen LogP contribution >= 0.6 is 7.75 Å². The van der Waals surface area contributed by atoms with Gasteiger partial charge in [0.2, 0.25) is 0 Å². The summed E-state index contributed by atoms with van der Waals surface area (Å²) in [5.41, 5.74) is 0. The van der Waals surface area contributed by atoms with Gasteiger partial charge in [-0.1, -0.05) is 18.2 Å². The molecule has 1 aromatic carbocycles. The lowest BCUT2D eigenvalue weighted by Crippen LogP contribution is -2.43. The molecule has 1 saturated carbocycles. The summed E-state index contributed by atoms with van der Waals surface area (Å²) in [6.45, 7) is 1.74. The van der Waals surface area contributed by atoms with E-state index < -0.39 is 38.3 Å². The van der Waals surface area contributed by atoms with Gasteiger partial charge in [0.05, 0.1) is 0 Å². The second-order valence-corrected chi connectivity index (χ2v) is 8.73. The van der Waals surface area contributed by atoms with E-state index in [-0.39, 0.29) is 11.9 Å². The van der Waals surface area contributed by atoms with Crippen molar-refractivity contribution in [2.45, 2.75) is 63.6 Å². The van der Waals surface area contributed by atoms with Crippen molar-refractivity contribution >= 4 is 13.7 Å². The summed E-state index contributed by atoms with van der Waals surface area (Å²) in [5.74, 6) is -3.02. The van der Waals surface area contributed by atoms with Crippen molar-refractivity contribution in [3.63, 3.8) is 0 Å². The monoisotopic (exact) mass is 433 g/mol. The van der Waals surface area contributed by atoms with E-state index in [1.54, 1.807) is 18.2 Å². The maximum Gasteiger partial charge on any atom is 0.459 e. The first-order valence-corrected chi connectivity index (χ1v) is 11.1. The van der Waals surface area contributed by atoms with Crippen LogP contribution in [0.5, 0.6) is 5.75 Å². The summed E-state index contributed by atoms with van der Waals surface area (Å²) in [4.78, 5) is 12.3. The van der Waals surface area contributed by atoms with Crippen LogP contribution in [0.4, 0.5) is 4.39 Å². The van der Waals surface area contributed by atoms with E-state index in [0.717, 1.165) is 32.8 Å². The van der Waals surface area contributed by atoms with Crippen molar-refractivity contribution in [3.05, 3.63) is 30.3 Å². The minimum Gasteiger partial charge on any atom is -0.461 e. The summed E-state index contributed by atoms with van der Waals surface area (Å²) in [7, 11) is -3.18. The minimum absolute atomic E-state index is 0.163. The van der Waals surface area contributed by atoms with Gasteiger partial charge in [0, 0.05) is 7.11 Å². The molecule has 0 bridgehead atoms. The number of methoxy groups -OCH3 is 1. The summed E-state index contributed by atoms with van der Waals surface area (Å²) in [5, 5.41) is 12.1. The molecule has 0 amide bonds. The molecule has 0 spiro atoms. The highest BCUT2D eigenvalue weighted by Gasteiger charge is 2.41. The Morgan fingerprint density at radius 3 is 2.48 bits per heavy atom. The number of aliphatic hydroxyl groups is 1. The fraction of sp³-hybridized carbons (Fsp3) is 0.632. The Labute approximate surface area is 170 Å². The van der Waals surface area contributed by atoms with Crippen LogP contribution in [0.25, 0.3) is 0 Å². The second kappa shape index (κ2) is 10.5. The van der Waals surface area contributed by atoms with Gasteiger partial charge in [-0.3, -0.25) is 9.32 Å². The van der Waals surface area contributed by atoms with Crippen molar-refractivity contribution in [2.24, 2.45) is 0 Å². The molecule has 2 N–H and O–H groups in total. The van der Waals surface area contributed by atoms with Crippen molar-refractivity contribution in [1.82, 2.24) is 5.09 Å². The highest BCUT2D eigenvalue weighted by molar-refractivity contribution is 7.52. The SMILES string of the molecule is CO[C@](F)(COP(=O)(NC(C)C(=O)OC1CCCC1)Oc1ccccc1)[C@H](C)O. The van der Waals surface area contributed by atoms with E-state index >= 15 is 0 Å². The first-order chi connectivity index (χ1) is 13.7. The number of alkyl halides is 1. The normalized spacial score (nSPS) is 21.0. The Balaban J connectivity index is 2.10. The molecular weight excluding hydrogens is 404 g/mol. The van der Waals surface area contributed by atoms with E-state index in [9.17, 15) is 18.9 Å². The molecule has 1 aromatic rings. The van der Waals surface area contributed by atoms with Crippen LogP contribution in [0, 0.1) is 0 Å². The number of hydrogen-bond acceptors (Lipinski definition) is 7. The number of aliphatic hydroxyl groups excluding tert-OH is 1. The van der Waals surface area contributed by atoms with Crippen LogP contribution in [-0.4, -0.2) is 48.9 Å². The van der Waals surface area contributed by atoms with E-state index in [4.69, 9.17) is 13.8 Å². The fourth-order valence-electron chi connectivity index (χ4n) is 2.80. The van der Waals surface area contributed by atoms with Crippen LogP contribution in [-0.2, 0) is 23.4 Å². The van der Waals surface area contributed by atoms with E-state index in [1.807, 2.05) is 0 Å². The quantitative estimate of drug-likeness (QED) is 0.405. The maximum absolute atomic E-state index is 14.6. The highest BCUT2D eigenvalue weighted by Crippen LogP contribution is 2.46. The van der Waals surface area contributed by atoms with Crippen LogP contribution in [0.3, 0.4) is 0 Å². The number of nitrogens with one attached hydrogen (secondary N) is 1. The number of halogens is 1. The lowest BCUT2D eigenvalue weighted by molar-refractivity contribution is -0.202. The van der Waals surface area contributed by atoms with E-state index in [0.29, 0.717) is 0 Å². The average molecular weight is 433 g/mol. The van der Waals surface area contributed by atoms with Gasteiger partial charge < -0.3 is 19.1 Å². The van der Waals surface area contributed by atoms with Gasteiger partial charge >= 0.3 is 13.7 Å². The van der Waals surface area contributed by atoms with E-state index in [1.165, 1.54) is 26.0 Å². The molecule has 0 radical (unpaired) electrons. The number of carbonyl (C=O) groups excluding carboxylic acids is 1. The molecule has 1 aliphatic rings. The first-order valence-electron chi connectivity index (χ1n) is 9.57. The molecule has 4 atom stereocenters. The Bertz CT molecular complexity index is 699. The zero-order valence-corrected chi connectivity index (χ0v) is 17.8. The van der Waals surface area contributed by atoms with Gasteiger partial charge in [-0.05, 0) is 51.7 Å². The Hall–Kier alpha value is -1.51. The van der Waals surface area contributed by atoms with Gasteiger partial charge in [0.1, 0.15) is 30.6 Å². The number of rotatable bonds is 11. The summed E-state index contributed by atoms with van der Waals surface area (Å²) >= 11 is 0. The molecule has 0 aliphatic heterocycles. The molecule has 1 fully saturated rings. The van der Waals surface area contributed by atoms with Crippen LogP contribution in [0.1, 0.15) is 39.5 Å². The van der Waals surface area contributed by atoms with Gasteiger partial charge in [-0.2, -0.15) is 5.09 Å². The van der Waals surface area contributed by atoms with Crippen LogP contribution in [0.2, 0.25) is 0 Å². The van der Waals surface area contributed by atoms with E-state index in [2.05, 4.69) is 9.82 Å². The Morgan fingerprint density at radius 1 is 1.31 bits per heavy atom. The first kappa shape index (κ1) is 23.8. The third-order valence-corrected chi connectivity index (χ3v) is 6.28. The molecule has 2 unspecified atom stereocenters. The Kier molecular flexibility index (Phi) is 8.60. The maximum atomic E-state index is 14.6. The van der Waals surface area contributed by atoms with Crippen molar-refractivity contribution < 1.29 is 37.4 Å². The number of para-hydroxylation sites is 1. The molecule has 1 aliphatic carbocycles. The molecule has 29 heavy (non-hydrogen) atoms. The number of hydrogen-bond donors (Lipinski definition) is 2. The van der Waals surface area contributed by atoms with Gasteiger partial charge in [0.25, 0.3) is 5.85 Å². The summed E-state index contributed by atoms with van der Waals surface area (Å²) < 4.78 is 48.5. The zero-order chi connectivity index (χ0) is 21.5. The van der Waals surface area contributed by atoms with Gasteiger partial charge in [-0.25, -0.2) is 8.96 Å². The molecule has 164 valence electrons. The van der Waals surface area contributed by atoms with Crippen molar-refractivity contribution in [3.8, 4) is 5.75 Å². The van der Waals surface area contributed by atoms with Gasteiger partial charge in [-0.15, -0.1) is 0 Å². The topological polar surface area (TPSA) is 103 Å². The average Bonchev–Trinajstić information content (AvgIpc) is 3.19. The molecule has 0 aromatic heterocycles. The van der Waals surface area contributed by atoms with Crippen molar-refractivity contribution in [2.75, 3.05) is 13.7 Å². The highest BCUT2D eigenvalue weighted by atomic mass is 31.2. The number of esters is 1. The van der Waals surface area contributed by atoms with Crippen LogP contribution in [0.15, 0.2) is 30.3 Å². The zero-order valence-electron chi connectivity index (χ0n) is 16.9. The molecule has 10 heteroatoms. The molecule has 8 nitrogen and oxygen atoms in total. The predicted octanol–water partition coefficient (Wildman–Crippen LogP) is 3.35. The largest absolute Gasteiger partial charge is 0.461 e. The molecule has 0 heterocycles. The molecule has 2 rings (SSSR count). The standard InChI is InChI=1S/C19H29FNO7P/c1-14(18(23)27-16-9-7-8-10-16)21-29(24,28-17-11-5-4-6-12-17)26-13-19(20,25-3)15(2)22/h4-6,11-12,14-16,22H,7-10,13H2,1-3H3,(H,21,24)/t14?,15-,19+,29?/m0/s1. The van der Waals surface area contributed by atoms with Crippen molar-refractivity contribution in [1.29, 1.82) is 0 Å². The van der Waals surface area contributed by atoms with Gasteiger partial charge in [0.15, 0.2) is 0 Å². The number of ether oxygens (including phenoxy) is 2. The lowest BCUT2D eigenvalue weighted by atomic mass is 10.2. The molecular formula is C19H29FNO7P. The Morgan fingerprint density at radius 2 is 1.93 bits per heavy atom. The smallest absolute Gasteiger partial charge is 0.459 e. The number of benzene rings is 1. The number of carbonyl (C=O) groups is 1. The fourth-order valence-corrected chi connectivity index (χ4v) is 4.30. The second-order valence-electron chi connectivity index (χ2n) is 7.04. The third-order valence-electron chi connectivity index (χ3n) is 4.65. The minimum atomic E-state index is -4.23.